The van der Waals surface area contributed by atoms with Gasteiger partial charge in [0.1, 0.15) is 0 Å². The molecule has 0 bridgehead atoms. The molecule has 0 aliphatic heterocycles. The molecular weight excluding hydrogens is 152 g/mol. The molecule has 2 N–H and O–H groups in total. The Kier molecular flexibility index (Phi) is 3.53. The van der Waals surface area contributed by atoms with Gasteiger partial charge in [0.05, 0.1) is 13.2 Å². The molecule has 2 nitrogen and oxygen atoms in total. The second-order valence-electron chi connectivity index (χ2n) is 4.15. The van der Waals surface area contributed by atoms with Gasteiger partial charge in [0.25, 0.3) is 0 Å². The summed E-state index contributed by atoms with van der Waals surface area (Å²) >= 11 is 0. The van der Waals surface area contributed by atoms with Crippen LogP contribution < -0.4 is 0 Å². The third kappa shape index (κ3) is 2.46. The molecule has 1 saturated carbocycles. The van der Waals surface area contributed by atoms with E-state index in [0.717, 1.165) is 18.8 Å². The zero-order chi connectivity index (χ0) is 9.03. The highest BCUT2D eigenvalue weighted by Gasteiger charge is 2.30. The van der Waals surface area contributed by atoms with Crippen LogP contribution in [0.3, 0.4) is 0 Å². The fourth-order valence-corrected chi connectivity index (χ4v) is 1.53. The molecule has 1 aliphatic rings. The van der Waals surface area contributed by atoms with Crippen molar-refractivity contribution in [3.05, 3.63) is 0 Å². The van der Waals surface area contributed by atoms with Crippen molar-refractivity contribution >= 4 is 0 Å². The molecule has 0 atom stereocenters. The summed E-state index contributed by atoms with van der Waals surface area (Å²) in [4.78, 5) is 0. The van der Waals surface area contributed by atoms with Crippen LogP contribution in [0.5, 0.6) is 0 Å². The third-order valence-electron chi connectivity index (χ3n) is 3.20. The first-order chi connectivity index (χ1) is 5.76. The molecule has 12 heavy (non-hydrogen) atoms. The summed E-state index contributed by atoms with van der Waals surface area (Å²) in [5.74, 6) is 0.897. The molecule has 0 saturated heterocycles. The minimum absolute atomic E-state index is 0.132. The molecule has 72 valence electrons. The van der Waals surface area contributed by atoms with Gasteiger partial charge < -0.3 is 10.2 Å². The van der Waals surface area contributed by atoms with E-state index in [0.29, 0.717) is 0 Å². The molecule has 0 spiro atoms. The van der Waals surface area contributed by atoms with Gasteiger partial charge in [-0.2, -0.15) is 0 Å². The Morgan fingerprint density at radius 3 is 2.17 bits per heavy atom. The summed E-state index contributed by atoms with van der Waals surface area (Å²) in [6, 6.07) is 0. The van der Waals surface area contributed by atoms with Gasteiger partial charge in [0, 0.05) is 5.41 Å². The van der Waals surface area contributed by atoms with Gasteiger partial charge in [-0.05, 0) is 25.2 Å². The van der Waals surface area contributed by atoms with Crippen molar-refractivity contribution in [1.29, 1.82) is 0 Å². The van der Waals surface area contributed by atoms with Crippen LogP contribution in [0.25, 0.3) is 0 Å². The molecule has 0 amide bonds. The first-order valence-corrected chi connectivity index (χ1v) is 4.98. The Balaban J connectivity index is 2.28. The summed E-state index contributed by atoms with van der Waals surface area (Å²) < 4.78 is 0. The molecule has 0 unspecified atom stereocenters. The van der Waals surface area contributed by atoms with Crippen molar-refractivity contribution in [3.8, 4) is 0 Å². The van der Waals surface area contributed by atoms with Gasteiger partial charge >= 0.3 is 0 Å². The molecule has 0 heterocycles. The average Bonchev–Trinajstić information content (AvgIpc) is 2.92. The Morgan fingerprint density at radius 1 is 1.25 bits per heavy atom. The molecule has 0 aromatic carbocycles. The van der Waals surface area contributed by atoms with E-state index in [1.807, 2.05) is 6.92 Å². The van der Waals surface area contributed by atoms with Gasteiger partial charge in [-0.1, -0.05) is 19.8 Å². The highest BCUT2D eigenvalue weighted by Crippen LogP contribution is 2.38. The predicted molar refractivity (Wildman–Crippen MR) is 48.9 cm³/mol. The Labute approximate surface area is 74.6 Å². The predicted octanol–water partition coefficient (Wildman–Crippen LogP) is 1.56. The second kappa shape index (κ2) is 4.24. The van der Waals surface area contributed by atoms with Crippen molar-refractivity contribution in [2.75, 3.05) is 13.2 Å². The van der Waals surface area contributed by atoms with Gasteiger partial charge in [-0.3, -0.25) is 0 Å². The minimum atomic E-state index is -0.192. The Morgan fingerprint density at radius 2 is 1.83 bits per heavy atom. The highest BCUT2D eigenvalue weighted by atomic mass is 16.3. The number of hydrogen-bond donors (Lipinski definition) is 2. The third-order valence-corrected chi connectivity index (χ3v) is 3.20. The van der Waals surface area contributed by atoms with Gasteiger partial charge in [0.15, 0.2) is 0 Å². The van der Waals surface area contributed by atoms with Crippen LogP contribution in [0.15, 0.2) is 0 Å². The van der Waals surface area contributed by atoms with Crippen LogP contribution in [0.4, 0.5) is 0 Å². The van der Waals surface area contributed by atoms with Gasteiger partial charge in [0.2, 0.25) is 0 Å². The van der Waals surface area contributed by atoms with Crippen molar-refractivity contribution in [2.45, 2.75) is 39.0 Å². The molecule has 1 fully saturated rings. The lowest BCUT2D eigenvalue weighted by Crippen LogP contribution is -2.29. The van der Waals surface area contributed by atoms with E-state index in [1.165, 1.54) is 19.3 Å². The minimum Gasteiger partial charge on any atom is -0.396 e. The Hall–Kier alpha value is -0.0800. The first kappa shape index (κ1) is 10.0. The summed E-state index contributed by atoms with van der Waals surface area (Å²) in [5.41, 5.74) is -0.192. The van der Waals surface area contributed by atoms with E-state index >= 15 is 0 Å². The largest absolute Gasteiger partial charge is 0.396 e. The molecule has 0 radical (unpaired) electrons. The van der Waals surface area contributed by atoms with Gasteiger partial charge in [-0.25, -0.2) is 0 Å². The fourth-order valence-electron chi connectivity index (χ4n) is 1.53. The summed E-state index contributed by atoms with van der Waals surface area (Å²) in [7, 11) is 0. The lowest BCUT2D eigenvalue weighted by Gasteiger charge is -2.28. The van der Waals surface area contributed by atoms with Gasteiger partial charge in [-0.15, -0.1) is 0 Å². The molecule has 1 aliphatic carbocycles. The lowest BCUT2D eigenvalue weighted by molar-refractivity contribution is 0.0410. The van der Waals surface area contributed by atoms with E-state index in [1.54, 1.807) is 0 Å². The van der Waals surface area contributed by atoms with Crippen molar-refractivity contribution in [1.82, 2.24) is 0 Å². The van der Waals surface area contributed by atoms with E-state index in [4.69, 9.17) is 10.2 Å². The molecule has 2 heteroatoms. The van der Waals surface area contributed by atoms with Crippen molar-refractivity contribution in [2.24, 2.45) is 11.3 Å². The van der Waals surface area contributed by atoms with E-state index in [9.17, 15) is 0 Å². The average molecular weight is 172 g/mol. The quantitative estimate of drug-likeness (QED) is 0.638. The van der Waals surface area contributed by atoms with Crippen LogP contribution in [-0.2, 0) is 0 Å². The maximum atomic E-state index is 9.15. The van der Waals surface area contributed by atoms with Crippen molar-refractivity contribution < 1.29 is 10.2 Å². The molecule has 1 rings (SSSR count). The zero-order valence-electron chi connectivity index (χ0n) is 7.92. The van der Waals surface area contributed by atoms with Crippen LogP contribution in [0, 0.1) is 11.3 Å². The maximum Gasteiger partial charge on any atom is 0.0509 e. The van der Waals surface area contributed by atoms with E-state index in [-0.39, 0.29) is 18.6 Å². The molecule has 0 aromatic rings. The topological polar surface area (TPSA) is 40.5 Å². The monoisotopic (exact) mass is 172 g/mol. The standard InChI is InChI=1S/C10H20O2/c1-2-10(7-11,8-12)6-5-9-3-4-9/h9,11-12H,2-8H2,1H3. The summed E-state index contributed by atoms with van der Waals surface area (Å²) in [6.07, 6.45) is 5.77. The fraction of sp³-hybridized carbons (Fsp3) is 1.00. The smallest absolute Gasteiger partial charge is 0.0509 e. The first-order valence-electron chi connectivity index (χ1n) is 4.98. The normalized spacial score (nSPS) is 18.2. The molecule has 0 aromatic heterocycles. The second-order valence-corrected chi connectivity index (χ2v) is 4.15. The SMILES string of the molecule is CCC(CO)(CO)CCC1CC1. The van der Waals surface area contributed by atoms with E-state index < -0.39 is 0 Å². The highest BCUT2D eigenvalue weighted by molar-refractivity contribution is 4.81. The summed E-state index contributed by atoms with van der Waals surface area (Å²) in [5, 5.41) is 18.3. The lowest BCUT2D eigenvalue weighted by atomic mass is 9.81. The number of aliphatic hydroxyl groups excluding tert-OH is 2. The van der Waals surface area contributed by atoms with Crippen LogP contribution >= 0.6 is 0 Å². The van der Waals surface area contributed by atoms with Crippen molar-refractivity contribution in [3.63, 3.8) is 0 Å². The number of rotatable bonds is 6. The van der Waals surface area contributed by atoms with Crippen LogP contribution in [0.2, 0.25) is 0 Å². The maximum absolute atomic E-state index is 9.15. The number of hydrogen-bond acceptors (Lipinski definition) is 2. The zero-order valence-corrected chi connectivity index (χ0v) is 7.92. The summed E-state index contributed by atoms with van der Waals surface area (Å²) in [6.45, 7) is 2.30. The molecular formula is C10H20O2. The van der Waals surface area contributed by atoms with Crippen LogP contribution in [-0.4, -0.2) is 23.4 Å². The van der Waals surface area contributed by atoms with Crippen LogP contribution in [0.1, 0.15) is 39.0 Å². The Bertz CT molecular complexity index is 118. The number of aliphatic hydroxyl groups is 2. The van der Waals surface area contributed by atoms with E-state index in [2.05, 4.69) is 0 Å².